The lowest BCUT2D eigenvalue weighted by Crippen LogP contribution is -2.45. The van der Waals surface area contributed by atoms with Gasteiger partial charge in [0.15, 0.2) is 0 Å². The Bertz CT molecular complexity index is 377. The van der Waals surface area contributed by atoms with Crippen LogP contribution >= 0.6 is 0 Å². The summed E-state index contributed by atoms with van der Waals surface area (Å²) in [5, 5.41) is 12.3. The topological polar surface area (TPSA) is 32.3 Å². The van der Waals surface area contributed by atoms with Gasteiger partial charge in [0, 0.05) is 23.7 Å². The van der Waals surface area contributed by atoms with Crippen molar-refractivity contribution in [2.75, 3.05) is 0 Å². The highest BCUT2D eigenvalue weighted by molar-refractivity contribution is 5.21. The lowest BCUT2D eigenvalue weighted by molar-refractivity contribution is 0.0584. The summed E-state index contributed by atoms with van der Waals surface area (Å²) in [6.45, 7) is 1.83. The molecule has 1 aliphatic carbocycles. The summed E-state index contributed by atoms with van der Waals surface area (Å²) in [4.78, 5) is 0. The van der Waals surface area contributed by atoms with E-state index in [1.54, 1.807) is 0 Å². The lowest BCUT2D eigenvalue weighted by Gasteiger charge is -2.34. The van der Waals surface area contributed by atoms with E-state index in [1.165, 1.54) is 12.1 Å². The first-order valence-electron chi connectivity index (χ1n) is 5.45. The van der Waals surface area contributed by atoms with Crippen molar-refractivity contribution < 1.29 is 13.9 Å². The molecule has 0 aliphatic heterocycles. The highest BCUT2D eigenvalue weighted by atomic mass is 19.1. The van der Waals surface area contributed by atoms with Gasteiger partial charge >= 0.3 is 0 Å². The molecule has 0 saturated heterocycles. The molecule has 1 fully saturated rings. The number of hydrogen-bond acceptors (Lipinski definition) is 2. The SMILES string of the molecule is CC(NC1CC(O)C1)c1ccc(F)cc1F. The van der Waals surface area contributed by atoms with Crippen LogP contribution in [0.2, 0.25) is 0 Å². The summed E-state index contributed by atoms with van der Waals surface area (Å²) < 4.78 is 26.1. The van der Waals surface area contributed by atoms with E-state index < -0.39 is 11.6 Å². The number of hydrogen-bond donors (Lipinski definition) is 2. The predicted octanol–water partition coefficient (Wildman–Crippen LogP) is 2.14. The first kappa shape index (κ1) is 11.5. The molecule has 2 nitrogen and oxygen atoms in total. The van der Waals surface area contributed by atoms with E-state index >= 15 is 0 Å². The molecule has 0 aromatic heterocycles. The number of halogens is 2. The maximum absolute atomic E-state index is 13.4. The summed E-state index contributed by atoms with van der Waals surface area (Å²) in [6.07, 6.45) is 1.17. The fraction of sp³-hybridized carbons (Fsp3) is 0.500. The van der Waals surface area contributed by atoms with Crippen LogP contribution in [0.5, 0.6) is 0 Å². The quantitative estimate of drug-likeness (QED) is 0.829. The van der Waals surface area contributed by atoms with Gasteiger partial charge in [-0.2, -0.15) is 0 Å². The molecule has 1 saturated carbocycles. The summed E-state index contributed by atoms with van der Waals surface area (Å²) in [7, 11) is 0. The molecule has 88 valence electrons. The minimum Gasteiger partial charge on any atom is -0.393 e. The van der Waals surface area contributed by atoms with Gasteiger partial charge in [-0.1, -0.05) is 6.07 Å². The van der Waals surface area contributed by atoms with Gasteiger partial charge in [0.05, 0.1) is 6.10 Å². The molecule has 0 spiro atoms. The van der Waals surface area contributed by atoms with Gasteiger partial charge in [-0.25, -0.2) is 8.78 Å². The number of aliphatic hydroxyl groups excluding tert-OH is 1. The van der Waals surface area contributed by atoms with Gasteiger partial charge in [0.1, 0.15) is 11.6 Å². The van der Waals surface area contributed by atoms with Crippen LogP contribution in [0.4, 0.5) is 8.78 Å². The fourth-order valence-electron chi connectivity index (χ4n) is 2.02. The number of benzene rings is 1. The van der Waals surface area contributed by atoms with Crippen molar-refractivity contribution in [1.82, 2.24) is 5.32 Å². The summed E-state index contributed by atoms with van der Waals surface area (Å²) in [6, 6.07) is 3.67. The third-order valence-electron chi connectivity index (χ3n) is 3.03. The molecule has 16 heavy (non-hydrogen) atoms. The standard InChI is InChI=1S/C12H15F2NO/c1-7(15-9-5-10(16)6-9)11-3-2-8(13)4-12(11)14/h2-4,7,9-10,15-16H,5-6H2,1H3. The fourth-order valence-corrected chi connectivity index (χ4v) is 2.02. The van der Waals surface area contributed by atoms with Crippen LogP contribution < -0.4 is 5.32 Å². The molecule has 1 aromatic rings. The first-order valence-corrected chi connectivity index (χ1v) is 5.45. The Hall–Kier alpha value is -1.00. The molecule has 2 rings (SSSR count). The van der Waals surface area contributed by atoms with Gasteiger partial charge in [0.2, 0.25) is 0 Å². The Labute approximate surface area is 93.3 Å². The molecule has 0 bridgehead atoms. The molecule has 1 aromatic carbocycles. The van der Waals surface area contributed by atoms with E-state index in [4.69, 9.17) is 5.11 Å². The molecule has 2 N–H and O–H groups in total. The van der Waals surface area contributed by atoms with Crippen LogP contribution in [-0.2, 0) is 0 Å². The van der Waals surface area contributed by atoms with Crippen LogP contribution in [0.3, 0.4) is 0 Å². The zero-order valence-electron chi connectivity index (χ0n) is 9.08. The first-order chi connectivity index (χ1) is 7.56. The zero-order valence-corrected chi connectivity index (χ0v) is 9.08. The van der Waals surface area contributed by atoms with Gasteiger partial charge in [0.25, 0.3) is 0 Å². The number of aliphatic hydroxyl groups is 1. The minimum atomic E-state index is -0.562. The van der Waals surface area contributed by atoms with E-state index in [2.05, 4.69) is 5.32 Å². The molecule has 1 aliphatic rings. The van der Waals surface area contributed by atoms with Crippen LogP contribution in [0.1, 0.15) is 31.4 Å². The molecular formula is C12H15F2NO. The summed E-state index contributed by atoms with van der Waals surface area (Å²) in [5.41, 5.74) is 0.461. The zero-order chi connectivity index (χ0) is 11.7. The highest BCUT2D eigenvalue weighted by Crippen LogP contribution is 2.24. The van der Waals surface area contributed by atoms with Crippen LogP contribution in [-0.4, -0.2) is 17.3 Å². The van der Waals surface area contributed by atoms with E-state index in [9.17, 15) is 8.78 Å². The van der Waals surface area contributed by atoms with Crippen molar-refractivity contribution in [3.05, 3.63) is 35.4 Å². The molecule has 4 heteroatoms. The van der Waals surface area contributed by atoms with Gasteiger partial charge in [-0.05, 0) is 25.8 Å². The summed E-state index contributed by atoms with van der Waals surface area (Å²) >= 11 is 0. The van der Waals surface area contributed by atoms with E-state index in [-0.39, 0.29) is 18.2 Å². The maximum Gasteiger partial charge on any atom is 0.130 e. The molecular weight excluding hydrogens is 212 g/mol. The normalized spacial score (nSPS) is 26.2. The highest BCUT2D eigenvalue weighted by Gasteiger charge is 2.28. The Balaban J connectivity index is 2.00. The van der Waals surface area contributed by atoms with Crippen molar-refractivity contribution in [2.24, 2.45) is 0 Å². The van der Waals surface area contributed by atoms with Crippen molar-refractivity contribution in [3.63, 3.8) is 0 Å². The largest absolute Gasteiger partial charge is 0.393 e. The third-order valence-corrected chi connectivity index (χ3v) is 3.03. The van der Waals surface area contributed by atoms with Gasteiger partial charge < -0.3 is 10.4 Å². The third kappa shape index (κ3) is 2.39. The second-order valence-corrected chi connectivity index (χ2v) is 4.38. The van der Waals surface area contributed by atoms with Gasteiger partial charge in [-0.15, -0.1) is 0 Å². The van der Waals surface area contributed by atoms with E-state index in [0.717, 1.165) is 6.07 Å². The number of rotatable bonds is 3. The Morgan fingerprint density at radius 1 is 1.38 bits per heavy atom. The summed E-state index contributed by atoms with van der Waals surface area (Å²) in [5.74, 6) is -1.09. The van der Waals surface area contributed by atoms with Crippen molar-refractivity contribution in [1.29, 1.82) is 0 Å². The smallest absolute Gasteiger partial charge is 0.130 e. The van der Waals surface area contributed by atoms with Crippen molar-refractivity contribution >= 4 is 0 Å². The Kier molecular flexibility index (Phi) is 3.21. The van der Waals surface area contributed by atoms with Crippen molar-refractivity contribution in [3.8, 4) is 0 Å². The monoisotopic (exact) mass is 227 g/mol. The second-order valence-electron chi connectivity index (χ2n) is 4.38. The van der Waals surface area contributed by atoms with Crippen LogP contribution in [0.25, 0.3) is 0 Å². The van der Waals surface area contributed by atoms with E-state index in [1.807, 2.05) is 6.92 Å². The van der Waals surface area contributed by atoms with Gasteiger partial charge in [-0.3, -0.25) is 0 Å². The van der Waals surface area contributed by atoms with E-state index in [0.29, 0.717) is 18.4 Å². The van der Waals surface area contributed by atoms with Crippen LogP contribution in [0.15, 0.2) is 18.2 Å². The Morgan fingerprint density at radius 3 is 2.62 bits per heavy atom. The lowest BCUT2D eigenvalue weighted by atomic mass is 9.88. The number of nitrogens with one attached hydrogen (secondary N) is 1. The second kappa shape index (κ2) is 4.47. The maximum atomic E-state index is 13.4. The van der Waals surface area contributed by atoms with Crippen molar-refractivity contribution in [2.45, 2.75) is 38.0 Å². The molecule has 0 amide bonds. The van der Waals surface area contributed by atoms with Crippen LogP contribution in [0, 0.1) is 11.6 Å². The molecule has 1 unspecified atom stereocenters. The Morgan fingerprint density at radius 2 is 2.06 bits per heavy atom. The molecule has 1 atom stereocenters. The molecule has 0 heterocycles. The average molecular weight is 227 g/mol. The minimum absolute atomic E-state index is 0.168. The average Bonchev–Trinajstić information content (AvgIpc) is 2.15. The predicted molar refractivity (Wildman–Crippen MR) is 56.9 cm³/mol. The molecule has 0 radical (unpaired) electrons.